The van der Waals surface area contributed by atoms with Crippen LogP contribution in [0.25, 0.3) is 22.3 Å². The molecule has 2 aliphatic carbocycles. The molecule has 240 valence electrons. The fourth-order valence-electron chi connectivity index (χ4n) is 7.52. The van der Waals surface area contributed by atoms with Crippen LogP contribution in [-0.4, -0.2) is 5.71 Å². The molecule has 50 heavy (non-hydrogen) atoms. The second-order valence-electron chi connectivity index (χ2n) is 13.0. The van der Waals surface area contributed by atoms with Crippen LogP contribution in [0, 0.1) is 17.2 Å². The molecule has 6 aromatic carbocycles. The van der Waals surface area contributed by atoms with Gasteiger partial charge in [-0.2, -0.15) is 9.84 Å². The number of para-hydroxylation sites is 2. The number of nitrogens with zero attached hydrogens (tertiary/aromatic N) is 3. The highest BCUT2D eigenvalue weighted by Gasteiger charge is 2.36. The van der Waals surface area contributed by atoms with E-state index in [-0.39, 0.29) is 0 Å². The van der Waals surface area contributed by atoms with E-state index in [9.17, 15) is 5.26 Å². The average Bonchev–Trinajstić information content (AvgIpc) is 3.20. The summed E-state index contributed by atoms with van der Waals surface area (Å²) in [6.45, 7) is 0. The third-order valence-corrected chi connectivity index (χ3v) is 9.98. The summed E-state index contributed by atoms with van der Waals surface area (Å²) in [4.78, 5) is 2.37. The van der Waals surface area contributed by atoms with Gasteiger partial charge in [-0.1, -0.05) is 109 Å². The largest absolute Gasteiger partial charge is 0.314 e. The number of nitriles is 1. The van der Waals surface area contributed by atoms with E-state index in [0.717, 1.165) is 65.3 Å². The first kappa shape index (κ1) is 31.1. The van der Waals surface area contributed by atoms with Crippen molar-refractivity contribution in [3.63, 3.8) is 0 Å². The van der Waals surface area contributed by atoms with Crippen LogP contribution in [0.5, 0.6) is 0 Å². The van der Waals surface area contributed by atoms with E-state index in [2.05, 4.69) is 179 Å². The van der Waals surface area contributed by atoms with Gasteiger partial charge in [-0.15, -0.1) is 0 Å². The van der Waals surface area contributed by atoms with Crippen molar-refractivity contribution in [2.24, 2.45) is 5.92 Å². The number of fused-ring (bicyclic) bond motifs is 1. The van der Waals surface area contributed by atoms with Gasteiger partial charge in [0, 0.05) is 47.8 Å². The summed E-state index contributed by atoms with van der Waals surface area (Å²) in [5.41, 5.74) is 13.3. The molecule has 0 heterocycles. The molecule has 1 atom stereocenters. The third-order valence-electron chi connectivity index (χ3n) is 9.98. The highest BCUT2D eigenvalue weighted by molar-refractivity contribution is 6.08. The maximum atomic E-state index is 10.9. The van der Waals surface area contributed by atoms with Crippen LogP contribution in [0.2, 0.25) is 0 Å². The molecule has 3 nitrogen and oxygen atoms in total. The predicted molar refractivity (Wildman–Crippen MR) is 208 cm³/mol. The normalized spacial score (nSPS) is 16.5. The van der Waals surface area contributed by atoms with Gasteiger partial charge in [-0.25, -0.2) is 0 Å². The predicted octanol–water partition coefficient (Wildman–Crippen LogP) is 12.0. The Morgan fingerprint density at radius 2 is 0.960 bits per heavy atom. The molecule has 0 saturated heterocycles. The maximum Gasteiger partial charge on any atom is 0.211 e. The molecule has 2 aliphatic rings. The molecular formula is C47H38N3+. The number of hydrogen-bond donors (Lipinski definition) is 0. The number of benzene rings is 6. The molecule has 0 saturated carbocycles. The van der Waals surface area contributed by atoms with Crippen molar-refractivity contribution in [3.8, 4) is 28.3 Å². The Labute approximate surface area is 295 Å². The summed E-state index contributed by atoms with van der Waals surface area (Å²) in [5.74, 6) is 0.355. The van der Waals surface area contributed by atoms with Gasteiger partial charge in [0.05, 0.1) is 0 Å². The fraction of sp³-hybridized carbons (Fsp3) is 0.106. The molecule has 0 N–H and O–H groups in total. The summed E-state index contributed by atoms with van der Waals surface area (Å²) in [6, 6.07) is 62.4. The number of anilines is 2. The summed E-state index contributed by atoms with van der Waals surface area (Å²) < 4.78 is 2.30. The van der Waals surface area contributed by atoms with Crippen molar-refractivity contribution >= 4 is 28.5 Å². The molecule has 0 amide bonds. The minimum absolute atomic E-state index is 0.355. The Morgan fingerprint density at radius 3 is 1.54 bits per heavy atom. The van der Waals surface area contributed by atoms with E-state index in [4.69, 9.17) is 0 Å². The van der Waals surface area contributed by atoms with Crippen molar-refractivity contribution < 1.29 is 0 Å². The van der Waals surface area contributed by atoms with E-state index >= 15 is 0 Å². The lowest BCUT2D eigenvalue weighted by Gasteiger charge is -2.35. The second-order valence-corrected chi connectivity index (χ2v) is 13.0. The van der Waals surface area contributed by atoms with Crippen LogP contribution in [-0.2, 0) is 0 Å². The van der Waals surface area contributed by atoms with Gasteiger partial charge in [0.15, 0.2) is 0 Å². The topological polar surface area (TPSA) is 30.0 Å². The Hall–Kier alpha value is -6.24. The molecule has 6 aromatic rings. The third kappa shape index (κ3) is 6.20. The van der Waals surface area contributed by atoms with Gasteiger partial charge < -0.3 is 4.90 Å². The Morgan fingerprint density at radius 1 is 0.500 bits per heavy atom. The van der Waals surface area contributed by atoms with Crippen molar-refractivity contribution in [3.05, 3.63) is 193 Å². The van der Waals surface area contributed by atoms with Crippen molar-refractivity contribution in [2.75, 3.05) is 4.90 Å². The highest BCUT2D eigenvalue weighted by atomic mass is 15.1. The van der Waals surface area contributed by atoms with Gasteiger partial charge in [0.2, 0.25) is 17.1 Å². The van der Waals surface area contributed by atoms with Crippen LogP contribution in [0.3, 0.4) is 0 Å². The molecule has 0 aromatic heterocycles. The van der Waals surface area contributed by atoms with E-state index < -0.39 is 0 Å². The molecule has 0 radical (unpaired) electrons. The van der Waals surface area contributed by atoms with Crippen LogP contribution < -0.4 is 9.48 Å². The summed E-state index contributed by atoms with van der Waals surface area (Å²) >= 11 is 0. The molecule has 1 unspecified atom stereocenters. The lowest BCUT2D eigenvalue weighted by atomic mass is 9.75. The minimum atomic E-state index is 0.355. The van der Waals surface area contributed by atoms with Gasteiger partial charge >= 0.3 is 0 Å². The van der Waals surface area contributed by atoms with Crippen LogP contribution in [0.1, 0.15) is 25.7 Å². The summed E-state index contributed by atoms with van der Waals surface area (Å²) in [5, 5.41) is 10.9. The first-order valence-electron chi connectivity index (χ1n) is 17.5. The highest BCUT2D eigenvalue weighted by Crippen LogP contribution is 2.43. The van der Waals surface area contributed by atoms with Crippen molar-refractivity contribution in [1.82, 2.24) is 4.58 Å². The van der Waals surface area contributed by atoms with E-state index in [1.54, 1.807) is 0 Å². The lowest BCUT2D eigenvalue weighted by molar-refractivity contribution is 0.507. The molecule has 0 aliphatic heterocycles. The monoisotopic (exact) mass is 644 g/mol. The van der Waals surface area contributed by atoms with E-state index in [1.807, 2.05) is 12.1 Å². The quantitative estimate of drug-likeness (QED) is 0.162. The van der Waals surface area contributed by atoms with Crippen molar-refractivity contribution in [2.45, 2.75) is 25.7 Å². The Bertz CT molecular complexity index is 2230. The van der Waals surface area contributed by atoms with Crippen molar-refractivity contribution in [1.29, 1.82) is 5.26 Å². The van der Waals surface area contributed by atoms with Crippen LogP contribution in [0.4, 0.5) is 22.7 Å². The first-order chi connectivity index (χ1) is 24.8. The molecule has 0 spiro atoms. The maximum absolute atomic E-state index is 10.9. The van der Waals surface area contributed by atoms with Gasteiger partial charge in [-0.3, -0.25) is 0 Å². The molecule has 8 rings (SSSR count). The van der Waals surface area contributed by atoms with Crippen LogP contribution >= 0.6 is 0 Å². The Balaban J connectivity index is 1.25. The minimum Gasteiger partial charge on any atom is -0.314 e. The lowest BCUT2D eigenvalue weighted by Crippen LogP contribution is -2.29. The van der Waals surface area contributed by atoms with Gasteiger partial charge in [0.25, 0.3) is 0 Å². The second kappa shape index (κ2) is 14.1. The van der Waals surface area contributed by atoms with Gasteiger partial charge in [0.1, 0.15) is 11.6 Å². The smallest absolute Gasteiger partial charge is 0.211 e. The standard InChI is InChI=1S/C47H38N3/c48-34-46-45-33-44(49(40-17-9-3-10-18-40)42-27-21-37(22-28-42)35-13-5-1-6-14-35)31-25-39(45)26-32-47(46)50(41-19-11-4-12-20-41)43-29-23-38(24-30-43)36-15-7-2-8-16-36/h1-24,27-30,33,39H,25-26,31-32H2/q+1. The number of rotatable bonds is 7. The zero-order valence-electron chi connectivity index (χ0n) is 28.0. The summed E-state index contributed by atoms with van der Waals surface area (Å²) in [7, 11) is 0. The van der Waals surface area contributed by atoms with E-state index in [1.165, 1.54) is 28.0 Å². The molecular weight excluding hydrogens is 607 g/mol. The molecule has 0 fully saturated rings. The van der Waals surface area contributed by atoms with Gasteiger partial charge in [-0.05, 0) is 95.5 Å². The summed E-state index contributed by atoms with van der Waals surface area (Å²) in [6.07, 6.45) is 6.15. The average molecular weight is 645 g/mol. The molecule has 0 bridgehead atoms. The fourth-order valence-corrected chi connectivity index (χ4v) is 7.52. The van der Waals surface area contributed by atoms with Crippen LogP contribution in [0.15, 0.2) is 193 Å². The zero-order valence-corrected chi connectivity index (χ0v) is 28.0. The first-order valence-corrected chi connectivity index (χ1v) is 17.5. The molecule has 3 heteroatoms. The number of hydrogen-bond acceptors (Lipinski definition) is 2. The number of allylic oxidation sites excluding steroid dienone is 4. The van der Waals surface area contributed by atoms with E-state index in [0.29, 0.717) is 5.92 Å². The Kier molecular flexibility index (Phi) is 8.75. The SMILES string of the molecule is N#CC1=C2C=C(N(c3ccccc3)c3ccc(-c4ccccc4)cc3)CCC2CC/C1=[N+](/c1ccccc1)c1ccc(-c2ccccc2)cc1. The zero-order chi connectivity index (χ0) is 33.7.